The van der Waals surface area contributed by atoms with Gasteiger partial charge >= 0.3 is 5.97 Å². The van der Waals surface area contributed by atoms with Gasteiger partial charge in [0, 0.05) is 6.20 Å². The normalized spacial score (nSPS) is 10.5. The number of hydrogen-bond acceptors (Lipinski definition) is 2. The average molecular weight is 295 g/mol. The second-order valence-electron chi connectivity index (χ2n) is 3.87. The highest BCUT2D eigenvalue weighted by Crippen LogP contribution is 2.20. The molecule has 5 heteroatoms. The Morgan fingerprint density at radius 3 is 2.71 bits per heavy atom. The van der Waals surface area contributed by atoms with Gasteiger partial charge in [-0.15, -0.1) is 0 Å². The van der Waals surface area contributed by atoms with Crippen LogP contribution in [0.2, 0.25) is 0 Å². The summed E-state index contributed by atoms with van der Waals surface area (Å²) in [5, 5.41) is 13.0. The molecule has 1 N–H and O–H groups in total. The van der Waals surface area contributed by atoms with Crippen LogP contribution >= 0.6 is 15.9 Å². The minimum absolute atomic E-state index is 0.0194. The van der Waals surface area contributed by atoms with Gasteiger partial charge in [0.05, 0.1) is 10.2 Å². The molecule has 0 aliphatic heterocycles. The summed E-state index contributed by atoms with van der Waals surface area (Å²) in [6, 6.07) is 5.97. The van der Waals surface area contributed by atoms with E-state index in [2.05, 4.69) is 21.0 Å². The summed E-state index contributed by atoms with van der Waals surface area (Å²) in [7, 11) is 0. The first-order valence-corrected chi connectivity index (χ1v) is 5.84. The first-order chi connectivity index (χ1) is 7.99. The Bertz CT molecular complexity index is 590. The van der Waals surface area contributed by atoms with Gasteiger partial charge in [-0.3, -0.25) is 0 Å². The van der Waals surface area contributed by atoms with Crippen molar-refractivity contribution >= 4 is 21.9 Å². The standard InChI is InChI=1S/C12H11BrN2O2/c1-7-3-4-8(2)10(5-7)15-6-9(13)11(14-15)12(16)17/h3-6H,1-2H3,(H,16,17). The van der Waals surface area contributed by atoms with E-state index in [0.717, 1.165) is 16.8 Å². The maximum absolute atomic E-state index is 10.9. The van der Waals surface area contributed by atoms with E-state index in [1.807, 2.05) is 32.0 Å². The number of rotatable bonds is 2. The molecule has 1 aromatic heterocycles. The zero-order chi connectivity index (χ0) is 12.6. The SMILES string of the molecule is Cc1ccc(C)c(-n2cc(Br)c(C(=O)O)n2)c1. The van der Waals surface area contributed by atoms with Crippen LogP contribution in [-0.2, 0) is 0 Å². The molecule has 0 atom stereocenters. The summed E-state index contributed by atoms with van der Waals surface area (Å²) < 4.78 is 2.06. The van der Waals surface area contributed by atoms with Crippen LogP contribution in [0, 0.1) is 13.8 Å². The van der Waals surface area contributed by atoms with Crippen molar-refractivity contribution in [2.75, 3.05) is 0 Å². The average Bonchev–Trinajstić information content (AvgIpc) is 2.64. The summed E-state index contributed by atoms with van der Waals surface area (Å²) in [6.45, 7) is 3.95. The number of carbonyl (C=O) groups is 1. The molecule has 0 saturated heterocycles. The van der Waals surface area contributed by atoms with Crippen LogP contribution in [0.25, 0.3) is 5.69 Å². The molecule has 0 spiro atoms. The Hall–Kier alpha value is -1.62. The van der Waals surface area contributed by atoms with Gasteiger partial charge in [0.2, 0.25) is 0 Å². The molecule has 0 unspecified atom stereocenters. The summed E-state index contributed by atoms with van der Waals surface area (Å²) >= 11 is 3.19. The highest BCUT2D eigenvalue weighted by atomic mass is 79.9. The topological polar surface area (TPSA) is 55.1 Å². The fourth-order valence-corrected chi connectivity index (χ4v) is 2.03. The number of aryl methyl sites for hydroxylation is 2. The second kappa shape index (κ2) is 4.33. The van der Waals surface area contributed by atoms with Crippen LogP contribution in [-0.4, -0.2) is 20.9 Å². The van der Waals surface area contributed by atoms with Crippen molar-refractivity contribution in [2.45, 2.75) is 13.8 Å². The molecule has 0 radical (unpaired) electrons. The minimum Gasteiger partial charge on any atom is -0.476 e. The van der Waals surface area contributed by atoms with Crippen molar-refractivity contribution in [2.24, 2.45) is 0 Å². The predicted molar refractivity (Wildman–Crippen MR) is 67.7 cm³/mol. The van der Waals surface area contributed by atoms with E-state index >= 15 is 0 Å². The third-order valence-corrected chi connectivity index (χ3v) is 3.06. The summed E-state index contributed by atoms with van der Waals surface area (Å²) in [4.78, 5) is 10.9. The van der Waals surface area contributed by atoms with E-state index in [1.54, 1.807) is 10.9 Å². The fraction of sp³-hybridized carbons (Fsp3) is 0.167. The van der Waals surface area contributed by atoms with Gasteiger partial charge in [0.15, 0.2) is 5.69 Å². The second-order valence-corrected chi connectivity index (χ2v) is 4.72. The number of aromatic nitrogens is 2. The number of aromatic carboxylic acids is 1. The van der Waals surface area contributed by atoms with Gasteiger partial charge in [-0.1, -0.05) is 12.1 Å². The highest BCUT2D eigenvalue weighted by Gasteiger charge is 2.15. The molecule has 17 heavy (non-hydrogen) atoms. The van der Waals surface area contributed by atoms with E-state index in [1.165, 1.54) is 0 Å². The zero-order valence-electron chi connectivity index (χ0n) is 9.44. The number of nitrogens with zero attached hydrogens (tertiary/aromatic N) is 2. The number of carboxylic acid groups (broad SMARTS) is 1. The maximum atomic E-state index is 10.9. The highest BCUT2D eigenvalue weighted by molar-refractivity contribution is 9.10. The molecular formula is C12H11BrN2O2. The van der Waals surface area contributed by atoms with E-state index in [0.29, 0.717) is 4.47 Å². The summed E-state index contributed by atoms with van der Waals surface area (Å²) in [5.41, 5.74) is 3.06. The molecular weight excluding hydrogens is 284 g/mol. The Morgan fingerprint density at radius 1 is 1.41 bits per heavy atom. The van der Waals surface area contributed by atoms with Gasteiger partial charge in [0.25, 0.3) is 0 Å². The van der Waals surface area contributed by atoms with Crippen molar-refractivity contribution in [3.8, 4) is 5.69 Å². The molecule has 4 nitrogen and oxygen atoms in total. The van der Waals surface area contributed by atoms with Crippen molar-refractivity contribution < 1.29 is 9.90 Å². The molecule has 0 bridgehead atoms. The van der Waals surface area contributed by atoms with Gasteiger partial charge in [-0.25, -0.2) is 9.48 Å². The molecule has 2 aromatic rings. The smallest absolute Gasteiger partial charge is 0.357 e. The lowest BCUT2D eigenvalue weighted by molar-refractivity contribution is 0.0689. The van der Waals surface area contributed by atoms with Crippen molar-refractivity contribution in [3.05, 3.63) is 45.7 Å². The Balaban J connectivity index is 2.57. The van der Waals surface area contributed by atoms with Crippen LogP contribution in [0.3, 0.4) is 0 Å². The fourth-order valence-electron chi connectivity index (χ4n) is 1.59. The summed E-state index contributed by atoms with van der Waals surface area (Å²) in [6.07, 6.45) is 1.66. The quantitative estimate of drug-likeness (QED) is 0.926. The molecule has 1 heterocycles. The summed E-state index contributed by atoms with van der Waals surface area (Å²) in [5.74, 6) is -1.04. The third-order valence-electron chi connectivity index (χ3n) is 2.48. The first kappa shape index (κ1) is 11.9. The Morgan fingerprint density at radius 2 is 2.12 bits per heavy atom. The lowest BCUT2D eigenvalue weighted by Gasteiger charge is -2.06. The predicted octanol–water partition coefficient (Wildman–Crippen LogP) is 2.95. The zero-order valence-corrected chi connectivity index (χ0v) is 11.0. The molecule has 0 aliphatic rings. The molecule has 1 aromatic carbocycles. The lowest BCUT2D eigenvalue weighted by atomic mass is 10.1. The van der Waals surface area contributed by atoms with Crippen molar-refractivity contribution in [1.29, 1.82) is 0 Å². The van der Waals surface area contributed by atoms with E-state index in [-0.39, 0.29) is 5.69 Å². The van der Waals surface area contributed by atoms with Crippen molar-refractivity contribution in [3.63, 3.8) is 0 Å². The number of carboxylic acids is 1. The van der Waals surface area contributed by atoms with E-state index in [9.17, 15) is 4.79 Å². The molecule has 0 saturated carbocycles. The molecule has 0 fully saturated rings. The monoisotopic (exact) mass is 294 g/mol. The van der Waals surface area contributed by atoms with E-state index in [4.69, 9.17) is 5.11 Å². The third kappa shape index (κ3) is 2.24. The van der Waals surface area contributed by atoms with Gasteiger partial charge < -0.3 is 5.11 Å². The number of benzene rings is 1. The van der Waals surface area contributed by atoms with Crippen LogP contribution in [0.4, 0.5) is 0 Å². The van der Waals surface area contributed by atoms with Crippen LogP contribution < -0.4 is 0 Å². The molecule has 2 rings (SSSR count). The largest absolute Gasteiger partial charge is 0.476 e. The van der Waals surface area contributed by atoms with E-state index < -0.39 is 5.97 Å². The number of halogens is 1. The minimum atomic E-state index is -1.04. The lowest BCUT2D eigenvalue weighted by Crippen LogP contribution is -2.02. The Labute approximate surface area is 107 Å². The van der Waals surface area contributed by atoms with Gasteiger partial charge in [-0.2, -0.15) is 5.10 Å². The van der Waals surface area contributed by atoms with Gasteiger partial charge in [-0.05, 0) is 47.0 Å². The molecule has 88 valence electrons. The maximum Gasteiger partial charge on any atom is 0.357 e. The number of hydrogen-bond donors (Lipinski definition) is 1. The van der Waals surface area contributed by atoms with Crippen LogP contribution in [0.1, 0.15) is 21.6 Å². The van der Waals surface area contributed by atoms with Crippen LogP contribution in [0.15, 0.2) is 28.9 Å². The van der Waals surface area contributed by atoms with Crippen molar-refractivity contribution in [1.82, 2.24) is 9.78 Å². The molecule has 0 amide bonds. The molecule has 0 aliphatic carbocycles. The van der Waals surface area contributed by atoms with Crippen LogP contribution in [0.5, 0.6) is 0 Å². The Kier molecular flexibility index (Phi) is 3.02. The first-order valence-electron chi connectivity index (χ1n) is 5.05. The van der Waals surface area contributed by atoms with Gasteiger partial charge in [0.1, 0.15) is 0 Å².